The Labute approximate surface area is 538 Å². The highest BCUT2D eigenvalue weighted by molar-refractivity contribution is 5.94. The molecule has 0 aromatic carbocycles. The molecule has 6 amide bonds. The van der Waals surface area contributed by atoms with Crippen LogP contribution >= 0.6 is 0 Å². The van der Waals surface area contributed by atoms with Crippen molar-refractivity contribution in [3.05, 3.63) is 36.1 Å². The molecule has 6 N–H and O–H groups in total. The maximum Gasteiger partial charge on any atom is 0.508 e. The predicted molar refractivity (Wildman–Crippen MR) is 320 cm³/mol. The summed E-state index contributed by atoms with van der Waals surface area (Å²) >= 11 is 0. The van der Waals surface area contributed by atoms with Crippen molar-refractivity contribution in [3.8, 4) is 12.3 Å². The highest BCUT2D eigenvalue weighted by Gasteiger charge is 2.50. The van der Waals surface area contributed by atoms with Gasteiger partial charge in [0.2, 0.25) is 35.1 Å². The van der Waals surface area contributed by atoms with Gasteiger partial charge in [-0.05, 0) is 60.6 Å². The number of methoxy groups -OCH3 is 2. The fourth-order valence-corrected chi connectivity index (χ4v) is 9.05. The number of nitrogens with zero attached hydrogens (tertiary/aromatic N) is 2. The predicted octanol–water partition coefficient (Wildman–Crippen LogP) is 0.296. The summed E-state index contributed by atoms with van der Waals surface area (Å²) in [6.45, 7) is 17.1. The van der Waals surface area contributed by atoms with Gasteiger partial charge in [-0.1, -0.05) is 19.4 Å². The minimum Gasteiger partial charge on any atom is -0.480 e. The van der Waals surface area contributed by atoms with Crippen molar-refractivity contribution in [2.75, 3.05) is 120 Å². The van der Waals surface area contributed by atoms with Crippen molar-refractivity contribution in [1.82, 2.24) is 36.8 Å². The Kier molecular flexibility index (Phi) is 31.9. The van der Waals surface area contributed by atoms with Gasteiger partial charge in [0.25, 0.3) is 0 Å². The average Bonchev–Trinajstić information content (AvgIpc) is 1.80. The summed E-state index contributed by atoms with van der Waals surface area (Å²) in [5.74, 6) is -2.79. The summed E-state index contributed by atoms with van der Waals surface area (Å²) in [6.07, 6.45) is -3.18. The zero-order valence-electron chi connectivity index (χ0n) is 54.2. The van der Waals surface area contributed by atoms with E-state index in [4.69, 9.17) is 82.2 Å². The molecule has 0 spiro atoms. The van der Waals surface area contributed by atoms with Crippen molar-refractivity contribution in [2.24, 2.45) is 10.9 Å². The molecule has 4 aliphatic rings. The minimum absolute atomic E-state index is 0.00324. The number of ether oxygens (including phenoxy) is 16. The Morgan fingerprint density at radius 3 is 1.67 bits per heavy atom. The first-order valence-corrected chi connectivity index (χ1v) is 29.7. The third-order valence-electron chi connectivity index (χ3n) is 13.1. The largest absolute Gasteiger partial charge is 0.508 e. The molecule has 0 bridgehead atoms. The Morgan fingerprint density at radius 1 is 0.677 bits per heavy atom. The number of alkyl carbamates (subject to hydrolysis) is 2. The van der Waals surface area contributed by atoms with Crippen LogP contribution < -0.4 is 31.9 Å². The van der Waals surface area contributed by atoms with Gasteiger partial charge in [0.1, 0.15) is 74.2 Å². The highest BCUT2D eigenvalue weighted by Crippen LogP contribution is 2.33. The third kappa shape index (κ3) is 28.1. The summed E-state index contributed by atoms with van der Waals surface area (Å²) in [6, 6.07) is -3.08. The molecule has 4 aliphatic heterocycles. The molecule has 2 saturated heterocycles. The van der Waals surface area contributed by atoms with Gasteiger partial charge >= 0.3 is 36.4 Å². The highest BCUT2D eigenvalue weighted by atomic mass is 16.8. The van der Waals surface area contributed by atoms with Crippen LogP contribution in [0.25, 0.3) is 0 Å². The summed E-state index contributed by atoms with van der Waals surface area (Å²) < 4.78 is 87.7. The molecule has 4 rings (SSSR count). The summed E-state index contributed by atoms with van der Waals surface area (Å²) in [4.78, 5) is 134. The third-order valence-corrected chi connectivity index (χ3v) is 13.1. The van der Waals surface area contributed by atoms with E-state index in [2.05, 4.69) is 49.4 Å². The van der Waals surface area contributed by atoms with Crippen molar-refractivity contribution in [2.45, 2.75) is 135 Å². The van der Waals surface area contributed by atoms with Gasteiger partial charge in [0.15, 0.2) is 18.3 Å². The standard InChI is InChI=1S/C59H88N8O26/c1-14-20-80-26-27-81-21-15-46(71)67(18-24-82-22-16-60-44(69)32-84-49(42-30-86-56(76)90-42)48-34(2)38(28-40(88-48)52(72)78-12)62-35(3)64-54(74)92-58(6,7)8)19-25-83-23-17-61-45(70)33-85-50(43-31-87-57(77)91-43)51-47(66-37(5)68)39(29-41(89-51)53(73)79-13)63-36(4)65-55(75)93-59(9,10)11/h1,28-29,34,38-39,42-43,47-51,62H,3,15-27,30-33H2,2,4-13H3,(H,60,69)(H,61,70)(H,64,74)(H,66,68)(H,63,65,75)/t34-,38+,39+,42-,43-,47-,48-,49-,50-,51-/m1/s1. The molecule has 0 unspecified atom stereocenters. The van der Waals surface area contributed by atoms with E-state index in [1.807, 2.05) is 0 Å². The van der Waals surface area contributed by atoms with Crippen LogP contribution in [-0.2, 0) is 105 Å². The zero-order chi connectivity index (χ0) is 68.8. The van der Waals surface area contributed by atoms with Crippen molar-refractivity contribution < 1.29 is 124 Å². The molecule has 93 heavy (non-hydrogen) atoms. The number of rotatable bonds is 36. The first-order valence-electron chi connectivity index (χ1n) is 29.7. The van der Waals surface area contributed by atoms with Crippen LogP contribution in [0.4, 0.5) is 19.2 Å². The van der Waals surface area contributed by atoms with E-state index in [9.17, 15) is 47.9 Å². The van der Waals surface area contributed by atoms with E-state index in [1.165, 1.54) is 30.9 Å². The number of carbonyl (C=O) groups is 10. The van der Waals surface area contributed by atoms with E-state index in [-0.39, 0.29) is 128 Å². The van der Waals surface area contributed by atoms with Crippen molar-refractivity contribution in [1.29, 1.82) is 0 Å². The monoisotopic (exact) mass is 1320 g/mol. The number of terminal acetylenes is 1. The van der Waals surface area contributed by atoms with E-state index in [1.54, 1.807) is 48.5 Å². The number of esters is 2. The fourth-order valence-electron chi connectivity index (χ4n) is 9.05. The number of amidine groups is 1. The van der Waals surface area contributed by atoms with E-state index in [0.717, 1.165) is 14.2 Å². The smallest absolute Gasteiger partial charge is 0.480 e. The van der Waals surface area contributed by atoms with Gasteiger partial charge in [-0.3, -0.25) is 34.8 Å². The number of cyclic esters (lactones) is 4. The normalized spacial score (nSPS) is 21.6. The number of hydrogen-bond donors (Lipinski definition) is 6. The van der Waals surface area contributed by atoms with Gasteiger partial charge in [-0.2, -0.15) is 0 Å². The van der Waals surface area contributed by atoms with Crippen LogP contribution in [0.3, 0.4) is 0 Å². The van der Waals surface area contributed by atoms with E-state index in [0.29, 0.717) is 0 Å². The molecule has 0 aromatic rings. The lowest BCUT2D eigenvalue weighted by atomic mass is 9.87. The SMILES string of the molecule is C#CCOCCOCCC(=O)N(CCOCCNC(=O)CO[C@@H]([C@@H]1OC(C(=O)OC)=C[C@H](NC(=C)NC(=O)OC(C)(C)C)[C@H]1C)[C@H]1COC(=O)O1)CCOCCNC(=O)CO[C@@H]([C@@H]1OC(C(=O)OC)=C[C@H](N=C(C)NC(=O)OC(C)(C)C)[C@H]1NC(C)=O)[C@H]1COC(=O)O1. The quantitative estimate of drug-likeness (QED) is 0.0123. The fraction of sp³-hybridized carbons (Fsp3) is 0.678. The van der Waals surface area contributed by atoms with Crippen LogP contribution in [0.15, 0.2) is 41.1 Å². The van der Waals surface area contributed by atoms with Crippen LogP contribution in [0.2, 0.25) is 0 Å². The number of nitrogens with one attached hydrogen (secondary N) is 6. The van der Waals surface area contributed by atoms with Gasteiger partial charge in [0.05, 0.1) is 85.0 Å². The molecule has 0 saturated carbocycles. The topological polar surface area (TPSA) is 406 Å². The first-order chi connectivity index (χ1) is 44.0. The molecule has 0 radical (unpaired) electrons. The Balaban J connectivity index is 1.32. The molecular formula is C59H88N8O26. The maximum absolute atomic E-state index is 13.4. The number of carbonyl (C=O) groups excluding carboxylic acids is 10. The molecule has 2 fully saturated rings. The Hall–Kier alpha value is -8.49. The number of hydrogen-bond acceptors (Lipinski definition) is 28. The zero-order valence-corrected chi connectivity index (χ0v) is 54.2. The minimum atomic E-state index is -1.40. The molecular weight excluding hydrogens is 1240 g/mol. The number of aliphatic imine (C=N–C) groups is 1. The van der Waals surface area contributed by atoms with Crippen LogP contribution in [0.1, 0.15) is 68.7 Å². The van der Waals surface area contributed by atoms with Crippen LogP contribution in [0, 0.1) is 18.3 Å². The number of amides is 6. The summed E-state index contributed by atoms with van der Waals surface area (Å²) in [5.41, 5.74) is -1.66. The molecule has 520 valence electrons. The van der Waals surface area contributed by atoms with Gasteiger partial charge in [-0.15, -0.1) is 6.42 Å². The Bertz CT molecular complexity index is 2720. The summed E-state index contributed by atoms with van der Waals surface area (Å²) in [5, 5.41) is 16.0. The van der Waals surface area contributed by atoms with Crippen molar-refractivity contribution >= 4 is 65.9 Å². The molecule has 0 aromatic heterocycles. The molecule has 0 aliphatic carbocycles. The Morgan fingerprint density at radius 2 is 1.17 bits per heavy atom. The van der Waals surface area contributed by atoms with Crippen LogP contribution in [0.5, 0.6) is 0 Å². The second-order valence-corrected chi connectivity index (χ2v) is 22.8. The lowest BCUT2D eigenvalue weighted by Crippen LogP contribution is -2.60. The van der Waals surface area contributed by atoms with Crippen molar-refractivity contribution in [3.63, 3.8) is 0 Å². The molecule has 34 heteroatoms. The average molecular weight is 1330 g/mol. The summed E-state index contributed by atoms with van der Waals surface area (Å²) in [7, 11) is 2.25. The van der Waals surface area contributed by atoms with Gasteiger partial charge in [-0.25, -0.2) is 28.8 Å². The molecule has 4 heterocycles. The van der Waals surface area contributed by atoms with Crippen LogP contribution in [-0.4, -0.2) is 256 Å². The first kappa shape index (κ1) is 77.0. The van der Waals surface area contributed by atoms with E-state index >= 15 is 0 Å². The van der Waals surface area contributed by atoms with Gasteiger partial charge < -0.3 is 102 Å². The second-order valence-electron chi connectivity index (χ2n) is 22.8. The van der Waals surface area contributed by atoms with Gasteiger partial charge in [0, 0.05) is 39.0 Å². The maximum atomic E-state index is 13.4. The second kappa shape index (κ2) is 38.5. The molecule has 10 atom stereocenters. The lowest BCUT2D eigenvalue weighted by Gasteiger charge is -2.40. The lowest BCUT2D eigenvalue weighted by molar-refractivity contribution is -0.157. The molecule has 34 nitrogen and oxygen atoms in total. The van der Waals surface area contributed by atoms with E-state index < -0.39 is 139 Å².